The lowest BCUT2D eigenvalue weighted by Crippen LogP contribution is -2.24. The minimum Gasteiger partial charge on any atom is -0.379 e. The molecule has 2 atom stereocenters. The average molecular weight is 496 g/mol. The largest absolute Gasteiger partial charge is 0.472 e. The number of hydrogen-bond acceptors (Lipinski definition) is 6. The quantitative estimate of drug-likeness (QED) is 0.0976. The molecule has 0 heterocycles. The fourth-order valence-electron chi connectivity index (χ4n) is 3.63. The molecule has 0 saturated heterocycles. The highest BCUT2D eigenvalue weighted by Gasteiger charge is 2.23. The van der Waals surface area contributed by atoms with Gasteiger partial charge in [-0.25, -0.2) is 4.57 Å². The Balaban J connectivity index is 3.39. The third-order valence-electron chi connectivity index (χ3n) is 5.81. The highest BCUT2D eigenvalue weighted by molar-refractivity contribution is 7.47. The maximum absolute atomic E-state index is 11.7. The number of hydrogen-bond donors (Lipinski definition) is 2. The zero-order valence-electron chi connectivity index (χ0n) is 21.9. The van der Waals surface area contributed by atoms with Crippen molar-refractivity contribution in [2.24, 2.45) is 0 Å². The standard InChI is InChI=1S/C25H54NO6P/c1-4-5-6-7-8-9-10-11-12-13-14-15-16-17-18-19-21-30-23-25(29-3)24-32-33(27,28)31-22-20-26-2/h25-26H,4-24H2,1-3H3,(H,27,28)/t25-/m1/s1. The molecule has 0 aliphatic rings. The van der Waals surface area contributed by atoms with Gasteiger partial charge in [-0.3, -0.25) is 9.05 Å². The Bertz CT molecular complexity index is 441. The molecule has 200 valence electrons. The van der Waals surface area contributed by atoms with Crippen LogP contribution in [-0.4, -0.2) is 58.1 Å². The minimum atomic E-state index is -4.04. The van der Waals surface area contributed by atoms with Gasteiger partial charge in [-0.05, 0) is 13.5 Å². The molecule has 0 amide bonds. The molecule has 0 saturated carbocycles. The van der Waals surface area contributed by atoms with E-state index >= 15 is 0 Å². The first kappa shape index (κ1) is 33.0. The predicted molar refractivity (Wildman–Crippen MR) is 137 cm³/mol. The van der Waals surface area contributed by atoms with E-state index in [0.29, 0.717) is 19.8 Å². The van der Waals surface area contributed by atoms with E-state index in [0.717, 1.165) is 6.42 Å². The fraction of sp³-hybridized carbons (Fsp3) is 1.00. The summed E-state index contributed by atoms with van der Waals surface area (Å²) >= 11 is 0. The fourth-order valence-corrected chi connectivity index (χ4v) is 4.38. The number of methoxy groups -OCH3 is 1. The molecule has 0 fully saturated rings. The lowest BCUT2D eigenvalue weighted by Gasteiger charge is -2.18. The number of unbranched alkanes of at least 4 members (excludes halogenated alkanes) is 15. The third-order valence-corrected chi connectivity index (χ3v) is 6.79. The minimum absolute atomic E-state index is 0.0389. The summed E-state index contributed by atoms with van der Waals surface area (Å²) in [6.07, 6.45) is 21.2. The van der Waals surface area contributed by atoms with Gasteiger partial charge in [0.1, 0.15) is 6.10 Å². The summed E-state index contributed by atoms with van der Waals surface area (Å²) in [5.41, 5.74) is 0. The van der Waals surface area contributed by atoms with Gasteiger partial charge < -0.3 is 19.7 Å². The second kappa shape index (κ2) is 25.1. The molecule has 7 nitrogen and oxygen atoms in total. The van der Waals surface area contributed by atoms with Gasteiger partial charge in [0.15, 0.2) is 0 Å². The van der Waals surface area contributed by atoms with Crippen LogP contribution < -0.4 is 5.32 Å². The van der Waals surface area contributed by atoms with E-state index in [2.05, 4.69) is 12.2 Å². The lowest BCUT2D eigenvalue weighted by atomic mass is 10.0. The number of phosphoric ester groups is 1. The Morgan fingerprint density at radius 3 is 1.67 bits per heavy atom. The predicted octanol–water partition coefficient (Wildman–Crippen LogP) is 6.63. The van der Waals surface area contributed by atoms with Crippen LogP contribution in [-0.2, 0) is 23.1 Å². The van der Waals surface area contributed by atoms with E-state index in [-0.39, 0.29) is 19.3 Å². The van der Waals surface area contributed by atoms with Crippen molar-refractivity contribution in [2.75, 3.05) is 47.1 Å². The van der Waals surface area contributed by atoms with Gasteiger partial charge in [0.25, 0.3) is 0 Å². The molecule has 0 aliphatic heterocycles. The highest BCUT2D eigenvalue weighted by atomic mass is 31.2. The van der Waals surface area contributed by atoms with Gasteiger partial charge in [-0.2, -0.15) is 0 Å². The van der Waals surface area contributed by atoms with Crippen molar-refractivity contribution < 1.29 is 28.0 Å². The van der Waals surface area contributed by atoms with Crippen LogP contribution in [0.4, 0.5) is 0 Å². The summed E-state index contributed by atoms with van der Waals surface area (Å²) < 4.78 is 32.4. The van der Waals surface area contributed by atoms with Gasteiger partial charge in [0.2, 0.25) is 0 Å². The topological polar surface area (TPSA) is 86.3 Å². The summed E-state index contributed by atoms with van der Waals surface area (Å²) in [5, 5.41) is 2.83. The van der Waals surface area contributed by atoms with Crippen LogP contribution in [0, 0.1) is 0 Å². The molecule has 0 rings (SSSR count). The summed E-state index contributed by atoms with van der Waals surface area (Å²) in [6.45, 7) is 3.83. The molecule has 0 bridgehead atoms. The lowest BCUT2D eigenvalue weighted by molar-refractivity contribution is -0.0220. The third kappa shape index (κ3) is 24.9. The average Bonchev–Trinajstić information content (AvgIpc) is 2.80. The van der Waals surface area contributed by atoms with E-state index in [1.54, 1.807) is 7.05 Å². The Hall–Kier alpha value is -0.0100. The van der Waals surface area contributed by atoms with Crippen LogP contribution >= 0.6 is 7.82 Å². The summed E-state index contributed by atoms with van der Waals surface area (Å²) in [4.78, 5) is 9.60. The molecule has 0 aromatic carbocycles. The molecule has 2 N–H and O–H groups in total. The van der Waals surface area contributed by atoms with E-state index in [4.69, 9.17) is 18.5 Å². The van der Waals surface area contributed by atoms with Gasteiger partial charge in [0.05, 0.1) is 19.8 Å². The van der Waals surface area contributed by atoms with Crippen molar-refractivity contribution >= 4 is 7.82 Å². The van der Waals surface area contributed by atoms with Crippen molar-refractivity contribution in [3.8, 4) is 0 Å². The number of phosphoric acid groups is 1. The number of nitrogens with one attached hydrogen (secondary N) is 1. The van der Waals surface area contributed by atoms with E-state index in [1.165, 1.54) is 103 Å². The van der Waals surface area contributed by atoms with Gasteiger partial charge in [-0.1, -0.05) is 103 Å². The zero-order chi connectivity index (χ0) is 24.5. The summed E-state index contributed by atoms with van der Waals surface area (Å²) in [6, 6.07) is 0. The first-order valence-corrected chi connectivity index (χ1v) is 14.9. The van der Waals surface area contributed by atoms with Crippen molar-refractivity contribution in [3.05, 3.63) is 0 Å². The number of likely N-dealkylation sites (N-methyl/N-ethyl adjacent to an activating group) is 1. The maximum atomic E-state index is 11.7. The Morgan fingerprint density at radius 2 is 1.21 bits per heavy atom. The van der Waals surface area contributed by atoms with Crippen LogP contribution in [0.5, 0.6) is 0 Å². The maximum Gasteiger partial charge on any atom is 0.472 e. The summed E-state index contributed by atoms with van der Waals surface area (Å²) in [7, 11) is -0.765. The number of ether oxygens (including phenoxy) is 2. The molecule has 0 aliphatic carbocycles. The van der Waals surface area contributed by atoms with Crippen molar-refractivity contribution in [1.82, 2.24) is 5.32 Å². The van der Waals surface area contributed by atoms with Crippen LogP contribution in [0.2, 0.25) is 0 Å². The molecule has 1 unspecified atom stereocenters. The van der Waals surface area contributed by atoms with Gasteiger partial charge in [-0.15, -0.1) is 0 Å². The normalized spacial score (nSPS) is 14.4. The van der Waals surface area contributed by atoms with E-state index in [1.807, 2.05) is 0 Å². The second-order valence-electron chi connectivity index (χ2n) is 8.94. The van der Waals surface area contributed by atoms with E-state index in [9.17, 15) is 9.46 Å². The molecule has 0 spiro atoms. The molecule has 33 heavy (non-hydrogen) atoms. The molecule has 0 aromatic rings. The monoisotopic (exact) mass is 495 g/mol. The molecule has 8 heteroatoms. The van der Waals surface area contributed by atoms with Crippen molar-refractivity contribution in [2.45, 2.75) is 116 Å². The van der Waals surface area contributed by atoms with Crippen LogP contribution in [0.3, 0.4) is 0 Å². The van der Waals surface area contributed by atoms with Crippen LogP contribution in [0.15, 0.2) is 0 Å². The highest BCUT2D eigenvalue weighted by Crippen LogP contribution is 2.43. The Kier molecular flexibility index (Phi) is 25.1. The van der Waals surface area contributed by atoms with Crippen LogP contribution in [0.25, 0.3) is 0 Å². The second-order valence-corrected chi connectivity index (χ2v) is 10.4. The molecular weight excluding hydrogens is 441 g/mol. The Labute approximate surface area is 204 Å². The van der Waals surface area contributed by atoms with Crippen molar-refractivity contribution in [1.29, 1.82) is 0 Å². The molecular formula is C25H54NO6P. The first-order valence-electron chi connectivity index (χ1n) is 13.4. The van der Waals surface area contributed by atoms with Crippen LogP contribution in [0.1, 0.15) is 110 Å². The molecule has 0 radical (unpaired) electrons. The zero-order valence-corrected chi connectivity index (χ0v) is 22.8. The van der Waals surface area contributed by atoms with Crippen molar-refractivity contribution in [3.63, 3.8) is 0 Å². The SMILES string of the molecule is CCCCCCCCCCCCCCCCCCOC[C@H](COP(=O)(O)OCCNC)OC. The number of rotatable bonds is 27. The van der Waals surface area contributed by atoms with Gasteiger partial charge in [0, 0.05) is 20.3 Å². The van der Waals surface area contributed by atoms with Gasteiger partial charge >= 0.3 is 7.82 Å². The molecule has 0 aromatic heterocycles. The Morgan fingerprint density at radius 1 is 0.727 bits per heavy atom. The first-order chi connectivity index (χ1) is 16.1. The smallest absolute Gasteiger partial charge is 0.379 e. The van der Waals surface area contributed by atoms with E-state index < -0.39 is 7.82 Å². The summed E-state index contributed by atoms with van der Waals surface area (Å²) in [5.74, 6) is 0.